The lowest BCUT2D eigenvalue weighted by molar-refractivity contribution is -0.157. The van der Waals surface area contributed by atoms with Crippen LogP contribution in [0.2, 0.25) is 18.1 Å². The summed E-state index contributed by atoms with van der Waals surface area (Å²) in [5, 5.41) is 0.0555. The average molecular weight is 574 g/mol. The third-order valence-electron chi connectivity index (χ3n) is 8.98. The first kappa shape index (κ1) is 32.5. The monoisotopic (exact) mass is 573 g/mol. The van der Waals surface area contributed by atoms with E-state index >= 15 is 0 Å². The summed E-state index contributed by atoms with van der Waals surface area (Å²) in [6.07, 6.45) is 0.682. The molecule has 0 spiro atoms. The number of carbonyl (C=O) groups is 2. The number of methoxy groups -OCH3 is 1. The van der Waals surface area contributed by atoms with Crippen molar-refractivity contribution in [2.75, 3.05) is 20.3 Å². The summed E-state index contributed by atoms with van der Waals surface area (Å²) in [5.74, 6) is -0.456. The predicted octanol–water partition coefficient (Wildman–Crippen LogP) is 6.48. The van der Waals surface area contributed by atoms with Gasteiger partial charge in [0.2, 0.25) is 0 Å². The second kappa shape index (κ2) is 12.1. The van der Waals surface area contributed by atoms with Crippen LogP contribution >= 0.6 is 0 Å². The molecule has 0 aliphatic carbocycles. The van der Waals surface area contributed by atoms with Gasteiger partial charge in [0.25, 0.3) is 5.91 Å². The SMILES string of the molecule is COC(=O)[C@@]12CO[C@@H](C(C)(C)C)N1C(=O)C(C)=C2CC[C@@H](C)[C@H](COCc1ccccc1)O[Si](C)(C)C(C)(C)C. The molecule has 1 aromatic rings. The highest BCUT2D eigenvalue weighted by Crippen LogP contribution is 2.49. The molecule has 1 saturated heterocycles. The molecule has 2 aliphatic heterocycles. The van der Waals surface area contributed by atoms with Crippen LogP contribution in [-0.4, -0.2) is 63.3 Å². The number of carbonyl (C=O) groups excluding carboxylic acids is 2. The first-order valence-electron chi connectivity index (χ1n) is 14.5. The Balaban J connectivity index is 1.83. The highest BCUT2D eigenvalue weighted by atomic mass is 28.4. The predicted molar refractivity (Wildman–Crippen MR) is 160 cm³/mol. The Morgan fingerprint density at radius 3 is 2.33 bits per heavy atom. The van der Waals surface area contributed by atoms with Gasteiger partial charge in [-0.25, -0.2) is 4.79 Å². The van der Waals surface area contributed by atoms with Crippen LogP contribution < -0.4 is 0 Å². The molecule has 0 bridgehead atoms. The fraction of sp³-hybridized carbons (Fsp3) is 0.688. The lowest BCUT2D eigenvalue weighted by atomic mass is 9.84. The molecule has 0 saturated carbocycles. The number of nitrogens with zero attached hydrogens (tertiary/aromatic N) is 1. The average Bonchev–Trinajstić information content (AvgIpc) is 3.36. The molecule has 7 nitrogen and oxygen atoms in total. The van der Waals surface area contributed by atoms with E-state index in [0.717, 1.165) is 17.6 Å². The van der Waals surface area contributed by atoms with Gasteiger partial charge in [-0.15, -0.1) is 0 Å². The molecule has 1 fully saturated rings. The van der Waals surface area contributed by atoms with Gasteiger partial charge in [-0.2, -0.15) is 0 Å². The number of hydrogen-bond donors (Lipinski definition) is 0. The van der Waals surface area contributed by atoms with Crippen LogP contribution in [0.15, 0.2) is 41.5 Å². The van der Waals surface area contributed by atoms with Gasteiger partial charge in [0.1, 0.15) is 6.23 Å². The summed E-state index contributed by atoms with van der Waals surface area (Å²) in [4.78, 5) is 28.6. The van der Waals surface area contributed by atoms with Crippen LogP contribution in [0.5, 0.6) is 0 Å². The number of benzene rings is 1. The molecule has 8 heteroatoms. The van der Waals surface area contributed by atoms with E-state index < -0.39 is 26.1 Å². The second-order valence-corrected chi connectivity index (χ2v) is 18.8. The van der Waals surface area contributed by atoms with Crippen LogP contribution in [0.1, 0.15) is 73.8 Å². The van der Waals surface area contributed by atoms with Crippen molar-refractivity contribution in [1.82, 2.24) is 4.90 Å². The molecule has 0 N–H and O–H groups in total. The first-order chi connectivity index (χ1) is 18.5. The van der Waals surface area contributed by atoms with Crippen molar-refractivity contribution in [3.05, 3.63) is 47.0 Å². The molecule has 2 heterocycles. The molecule has 2 aliphatic rings. The molecule has 4 atom stereocenters. The summed E-state index contributed by atoms with van der Waals surface area (Å²) in [6.45, 7) is 22.4. The van der Waals surface area contributed by atoms with Crippen LogP contribution in [0.25, 0.3) is 0 Å². The van der Waals surface area contributed by atoms with Gasteiger partial charge in [0.05, 0.1) is 33.0 Å². The van der Waals surface area contributed by atoms with Crippen molar-refractivity contribution in [2.45, 2.75) is 111 Å². The summed E-state index contributed by atoms with van der Waals surface area (Å²) in [7, 11) is -0.703. The molecule has 1 aromatic carbocycles. The largest absolute Gasteiger partial charge is 0.467 e. The zero-order valence-corrected chi connectivity index (χ0v) is 27.6. The van der Waals surface area contributed by atoms with Gasteiger partial charge < -0.3 is 18.6 Å². The molecular weight excluding hydrogens is 522 g/mol. The van der Waals surface area contributed by atoms with E-state index in [2.05, 4.69) is 52.9 Å². The van der Waals surface area contributed by atoms with Gasteiger partial charge in [-0.05, 0) is 55.0 Å². The van der Waals surface area contributed by atoms with Gasteiger partial charge in [-0.3, -0.25) is 9.69 Å². The van der Waals surface area contributed by atoms with Crippen LogP contribution in [0.3, 0.4) is 0 Å². The highest BCUT2D eigenvalue weighted by molar-refractivity contribution is 6.74. The number of esters is 1. The van der Waals surface area contributed by atoms with E-state index in [1.807, 2.05) is 45.9 Å². The van der Waals surface area contributed by atoms with Gasteiger partial charge in [0, 0.05) is 11.0 Å². The molecule has 0 aromatic heterocycles. The number of fused-ring (bicyclic) bond motifs is 1. The van der Waals surface area contributed by atoms with Crippen LogP contribution in [-0.2, 0) is 34.8 Å². The highest BCUT2D eigenvalue weighted by Gasteiger charge is 2.64. The van der Waals surface area contributed by atoms with Crippen molar-refractivity contribution in [1.29, 1.82) is 0 Å². The van der Waals surface area contributed by atoms with Crippen molar-refractivity contribution >= 4 is 20.2 Å². The molecule has 0 radical (unpaired) electrons. The lowest BCUT2D eigenvalue weighted by Gasteiger charge is -2.41. The number of ether oxygens (including phenoxy) is 3. The maximum Gasteiger partial charge on any atom is 0.338 e. The van der Waals surface area contributed by atoms with Crippen molar-refractivity contribution in [2.24, 2.45) is 11.3 Å². The summed E-state index contributed by atoms with van der Waals surface area (Å²) < 4.78 is 24.5. The third kappa shape index (κ3) is 6.40. The normalized spacial score (nSPS) is 23.4. The second-order valence-electron chi connectivity index (χ2n) is 14.1. The fourth-order valence-electron chi connectivity index (χ4n) is 5.45. The Labute approximate surface area is 242 Å². The Hall–Kier alpha value is -2.00. The van der Waals surface area contributed by atoms with Gasteiger partial charge in [-0.1, -0.05) is 78.8 Å². The maximum absolute atomic E-state index is 13.6. The Kier molecular flexibility index (Phi) is 9.82. The van der Waals surface area contributed by atoms with E-state index in [1.54, 1.807) is 4.90 Å². The van der Waals surface area contributed by atoms with Crippen LogP contribution in [0, 0.1) is 11.3 Å². The Bertz CT molecular complexity index is 1090. The molecule has 0 unspecified atom stereocenters. The Morgan fingerprint density at radius 2 is 1.77 bits per heavy atom. The minimum absolute atomic E-state index is 0.0555. The topological polar surface area (TPSA) is 74.3 Å². The molecule has 3 rings (SSSR count). The number of hydrogen-bond acceptors (Lipinski definition) is 6. The van der Waals surface area contributed by atoms with E-state index in [0.29, 0.717) is 25.2 Å². The zero-order valence-electron chi connectivity index (χ0n) is 26.6. The number of rotatable bonds is 11. The minimum Gasteiger partial charge on any atom is -0.467 e. The quantitative estimate of drug-likeness (QED) is 0.223. The van der Waals surface area contributed by atoms with Crippen molar-refractivity contribution in [3.63, 3.8) is 0 Å². The van der Waals surface area contributed by atoms with E-state index in [4.69, 9.17) is 18.6 Å². The molecule has 1 amide bonds. The third-order valence-corrected chi connectivity index (χ3v) is 13.5. The minimum atomic E-state index is -2.08. The van der Waals surface area contributed by atoms with Gasteiger partial charge >= 0.3 is 5.97 Å². The standard InChI is InChI=1S/C32H51NO6Si/c1-22(26(39-40(10,11)31(6,7)8)20-37-19-24-15-13-12-14-16-24)17-18-25-23(2)27(34)33-28(30(3,4)5)38-21-32(25,33)29(35)36-9/h12-16,22,26,28H,17-21H2,1-11H3/t22-,26+,28+,32+/m1/s1. The van der Waals surface area contributed by atoms with Crippen molar-refractivity contribution < 1.29 is 28.2 Å². The zero-order chi connectivity index (χ0) is 30.1. The van der Waals surface area contributed by atoms with E-state index in [1.165, 1.54) is 7.11 Å². The van der Waals surface area contributed by atoms with E-state index in [-0.39, 0.29) is 35.0 Å². The maximum atomic E-state index is 13.6. The summed E-state index contributed by atoms with van der Waals surface area (Å²) >= 11 is 0. The van der Waals surface area contributed by atoms with Crippen molar-refractivity contribution in [3.8, 4) is 0 Å². The Morgan fingerprint density at radius 1 is 1.15 bits per heavy atom. The first-order valence-corrected chi connectivity index (χ1v) is 17.4. The number of amides is 1. The smallest absolute Gasteiger partial charge is 0.338 e. The van der Waals surface area contributed by atoms with Crippen LogP contribution in [0.4, 0.5) is 0 Å². The van der Waals surface area contributed by atoms with E-state index in [9.17, 15) is 9.59 Å². The lowest BCUT2D eigenvalue weighted by Crippen LogP contribution is -2.56. The summed E-state index contributed by atoms with van der Waals surface area (Å²) in [6, 6.07) is 10.2. The fourth-order valence-corrected chi connectivity index (χ4v) is 6.86. The molecule has 224 valence electrons. The van der Waals surface area contributed by atoms with Gasteiger partial charge in [0.15, 0.2) is 13.9 Å². The molecular formula is C32H51NO6Si. The summed E-state index contributed by atoms with van der Waals surface area (Å²) in [5.41, 5.74) is 0.984. The molecule has 40 heavy (non-hydrogen) atoms.